The topological polar surface area (TPSA) is 60.4 Å². The molecule has 2 aliphatic rings. The van der Waals surface area contributed by atoms with Gasteiger partial charge in [-0.25, -0.2) is 9.79 Å². The molecule has 0 amide bonds. The molecule has 1 atom stereocenters. The minimum atomic E-state index is -0.450. The first-order valence-electron chi connectivity index (χ1n) is 9.99. The van der Waals surface area contributed by atoms with Crippen LogP contribution in [0.2, 0.25) is 0 Å². The number of amidine groups is 1. The highest BCUT2D eigenvalue weighted by atomic mass is 32.2. The van der Waals surface area contributed by atoms with Gasteiger partial charge in [0.15, 0.2) is 5.17 Å². The number of nitrogens with zero attached hydrogens (tertiary/aromatic N) is 2. The zero-order valence-corrected chi connectivity index (χ0v) is 18.7. The number of fused-ring (bicyclic) bond motifs is 1. The Balaban J connectivity index is 1.91. The van der Waals surface area contributed by atoms with Crippen molar-refractivity contribution in [3.63, 3.8) is 0 Å². The molecule has 2 aromatic rings. The second-order valence-electron chi connectivity index (χ2n) is 6.98. The first-order chi connectivity index (χ1) is 15.1. The van der Waals surface area contributed by atoms with Crippen LogP contribution in [0.5, 0.6) is 11.5 Å². The summed E-state index contributed by atoms with van der Waals surface area (Å²) in [7, 11) is 3.23. The Bertz CT molecular complexity index is 1090. The predicted octanol–water partition coefficient (Wildman–Crippen LogP) is 5.00. The minimum Gasteiger partial charge on any atom is -0.497 e. The zero-order chi connectivity index (χ0) is 22.0. The Morgan fingerprint density at radius 2 is 1.90 bits per heavy atom. The van der Waals surface area contributed by atoms with Gasteiger partial charge in [-0.2, -0.15) is 0 Å². The Kier molecular flexibility index (Phi) is 6.04. The zero-order valence-electron chi connectivity index (χ0n) is 17.9. The number of aliphatic imine (C=N–C) groups is 1. The van der Waals surface area contributed by atoms with Crippen molar-refractivity contribution in [1.29, 1.82) is 0 Å². The van der Waals surface area contributed by atoms with Crippen LogP contribution in [-0.2, 0) is 9.53 Å². The number of rotatable bonds is 6. The van der Waals surface area contributed by atoms with Crippen LogP contribution in [0.4, 0.5) is 0 Å². The molecule has 0 aliphatic carbocycles. The summed E-state index contributed by atoms with van der Waals surface area (Å²) in [6, 6.07) is 15.3. The molecule has 0 unspecified atom stereocenters. The molecular formula is C24H24N2O4S. The largest absolute Gasteiger partial charge is 0.497 e. The SMILES string of the molecule is CCOC(=O)C1=C(C)N=C2SC=C(c3ccccc3)N2[C@H]1c1ccc(OC)cc1OC. The first kappa shape index (κ1) is 21.1. The second kappa shape index (κ2) is 8.89. The number of hydrogen-bond acceptors (Lipinski definition) is 7. The highest BCUT2D eigenvalue weighted by Crippen LogP contribution is 2.49. The lowest BCUT2D eigenvalue weighted by Gasteiger charge is -2.37. The van der Waals surface area contributed by atoms with Crippen molar-refractivity contribution in [2.24, 2.45) is 4.99 Å². The summed E-state index contributed by atoms with van der Waals surface area (Å²) < 4.78 is 16.5. The van der Waals surface area contributed by atoms with Crippen LogP contribution in [0.25, 0.3) is 5.70 Å². The fraction of sp³-hybridized carbons (Fsp3) is 0.250. The lowest BCUT2D eigenvalue weighted by atomic mass is 9.92. The van der Waals surface area contributed by atoms with E-state index >= 15 is 0 Å². The molecular weight excluding hydrogens is 412 g/mol. The van der Waals surface area contributed by atoms with Crippen molar-refractivity contribution in [2.75, 3.05) is 20.8 Å². The van der Waals surface area contributed by atoms with Crippen molar-refractivity contribution in [3.8, 4) is 11.5 Å². The van der Waals surface area contributed by atoms with Gasteiger partial charge < -0.3 is 19.1 Å². The van der Waals surface area contributed by atoms with Crippen molar-refractivity contribution < 1.29 is 19.0 Å². The molecule has 2 heterocycles. The van der Waals surface area contributed by atoms with Crippen LogP contribution in [0.1, 0.15) is 31.0 Å². The molecule has 0 N–H and O–H groups in total. The fourth-order valence-electron chi connectivity index (χ4n) is 3.81. The Morgan fingerprint density at radius 1 is 1.13 bits per heavy atom. The van der Waals surface area contributed by atoms with Gasteiger partial charge in [0.2, 0.25) is 0 Å². The first-order valence-corrected chi connectivity index (χ1v) is 10.9. The molecule has 7 heteroatoms. The van der Waals surface area contributed by atoms with Gasteiger partial charge in [-0.1, -0.05) is 42.1 Å². The van der Waals surface area contributed by atoms with E-state index in [9.17, 15) is 4.79 Å². The maximum atomic E-state index is 13.1. The number of carbonyl (C=O) groups is 1. The maximum absolute atomic E-state index is 13.1. The number of benzene rings is 2. The third kappa shape index (κ3) is 3.81. The van der Waals surface area contributed by atoms with E-state index in [4.69, 9.17) is 19.2 Å². The van der Waals surface area contributed by atoms with Gasteiger partial charge in [0.1, 0.15) is 11.5 Å². The Morgan fingerprint density at radius 3 is 2.58 bits per heavy atom. The summed E-state index contributed by atoms with van der Waals surface area (Å²) in [4.78, 5) is 19.9. The molecule has 6 nitrogen and oxygen atoms in total. The predicted molar refractivity (Wildman–Crippen MR) is 123 cm³/mol. The third-order valence-electron chi connectivity index (χ3n) is 5.23. The quantitative estimate of drug-likeness (QED) is 0.594. The molecule has 4 rings (SSSR count). The molecule has 0 radical (unpaired) electrons. The molecule has 0 fully saturated rings. The van der Waals surface area contributed by atoms with Crippen LogP contribution in [0.3, 0.4) is 0 Å². The number of carbonyl (C=O) groups excluding carboxylic acids is 1. The number of hydrogen-bond donors (Lipinski definition) is 0. The lowest BCUT2D eigenvalue weighted by molar-refractivity contribution is -0.139. The van der Waals surface area contributed by atoms with Gasteiger partial charge >= 0.3 is 5.97 Å². The number of thioether (sulfide) groups is 1. The second-order valence-corrected chi connectivity index (χ2v) is 7.82. The van der Waals surface area contributed by atoms with Crippen LogP contribution >= 0.6 is 11.8 Å². The summed E-state index contributed by atoms with van der Waals surface area (Å²) in [5.74, 6) is 0.929. The van der Waals surface area contributed by atoms with E-state index < -0.39 is 6.04 Å². The monoisotopic (exact) mass is 436 g/mol. The van der Waals surface area contributed by atoms with E-state index in [1.807, 2.05) is 55.5 Å². The van der Waals surface area contributed by atoms with Crippen LogP contribution in [0, 0.1) is 0 Å². The lowest BCUT2D eigenvalue weighted by Crippen LogP contribution is -2.36. The number of allylic oxidation sites excluding steroid dienone is 1. The highest BCUT2D eigenvalue weighted by Gasteiger charge is 2.42. The summed E-state index contributed by atoms with van der Waals surface area (Å²) in [6.07, 6.45) is 0. The van der Waals surface area contributed by atoms with Crippen LogP contribution in [-0.4, -0.2) is 36.9 Å². The van der Waals surface area contributed by atoms with Gasteiger partial charge in [0.25, 0.3) is 0 Å². The number of esters is 1. The average molecular weight is 437 g/mol. The average Bonchev–Trinajstić information content (AvgIpc) is 3.21. The maximum Gasteiger partial charge on any atom is 0.338 e. The van der Waals surface area contributed by atoms with E-state index in [1.165, 1.54) is 0 Å². The summed E-state index contributed by atoms with van der Waals surface area (Å²) in [6.45, 7) is 3.94. The molecule has 31 heavy (non-hydrogen) atoms. The molecule has 0 bridgehead atoms. The molecule has 0 saturated heterocycles. The smallest absolute Gasteiger partial charge is 0.338 e. The highest BCUT2D eigenvalue weighted by molar-refractivity contribution is 8.16. The molecule has 2 aliphatic heterocycles. The summed E-state index contributed by atoms with van der Waals surface area (Å²) in [5, 5.41) is 2.88. The van der Waals surface area contributed by atoms with Gasteiger partial charge in [-0.05, 0) is 31.5 Å². The van der Waals surface area contributed by atoms with Crippen molar-refractivity contribution >= 4 is 28.6 Å². The minimum absolute atomic E-state index is 0.286. The van der Waals surface area contributed by atoms with Crippen molar-refractivity contribution in [3.05, 3.63) is 76.3 Å². The Hall–Kier alpha value is -3.19. The van der Waals surface area contributed by atoms with Gasteiger partial charge in [-0.15, -0.1) is 0 Å². The van der Waals surface area contributed by atoms with E-state index in [1.54, 1.807) is 32.9 Å². The van der Waals surface area contributed by atoms with E-state index in [0.29, 0.717) is 22.8 Å². The molecule has 0 aromatic heterocycles. The van der Waals surface area contributed by atoms with Gasteiger partial charge in [0, 0.05) is 17.0 Å². The molecule has 0 spiro atoms. The summed E-state index contributed by atoms with van der Waals surface area (Å²) >= 11 is 1.54. The Labute approximate surface area is 186 Å². The third-order valence-corrected chi connectivity index (χ3v) is 6.07. The standard InChI is InChI=1S/C24H24N2O4S/c1-5-30-23(27)21-15(2)25-24-26(19(14-31-24)16-9-7-6-8-10-16)22(21)18-12-11-17(28-3)13-20(18)29-4/h6-14,22H,5H2,1-4H3/t22-/m0/s1. The normalized spacial score (nSPS) is 17.7. The van der Waals surface area contributed by atoms with E-state index in [0.717, 1.165) is 22.0 Å². The summed E-state index contributed by atoms with van der Waals surface area (Å²) in [5.41, 5.74) is 3.99. The van der Waals surface area contributed by atoms with Gasteiger partial charge in [0.05, 0.1) is 43.8 Å². The van der Waals surface area contributed by atoms with E-state index in [2.05, 4.69) is 10.3 Å². The molecule has 0 saturated carbocycles. The number of methoxy groups -OCH3 is 2. The molecule has 160 valence electrons. The van der Waals surface area contributed by atoms with Crippen LogP contribution < -0.4 is 9.47 Å². The van der Waals surface area contributed by atoms with Crippen molar-refractivity contribution in [2.45, 2.75) is 19.9 Å². The molecule has 2 aromatic carbocycles. The van der Waals surface area contributed by atoms with Crippen LogP contribution in [0.15, 0.2) is 70.2 Å². The van der Waals surface area contributed by atoms with E-state index in [-0.39, 0.29) is 12.6 Å². The van der Waals surface area contributed by atoms with Crippen molar-refractivity contribution in [1.82, 2.24) is 4.90 Å². The van der Waals surface area contributed by atoms with Gasteiger partial charge in [-0.3, -0.25) is 0 Å². The number of ether oxygens (including phenoxy) is 3. The fourth-order valence-corrected chi connectivity index (χ4v) is 4.78.